The van der Waals surface area contributed by atoms with Gasteiger partial charge in [0.15, 0.2) is 11.6 Å². The summed E-state index contributed by atoms with van der Waals surface area (Å²) in [5.74, 6) is 1.77. The number of ether oxygens (including phenoxy) is 1. The van der Waals surface area contributed by atoms with Crippen LogP contribution in [0.25, 0.3) is 32.5 Å². The third-order valence-electron chi connectivity index (χ3n) is 7.44. The Morgan fingerprint density at radius 2 is 1.68 bits per heavy atom. The van der Waals surface area contributed by atoms with E-state index in [1.54, 1.807) is 0 Å². The summed E-state index contributed by atoms with van der Waals surface area (Å²) in [7, 11) is 0. The minimum Gasteiger partial charge on any atom is -0.378 e. The van der Waals surface area contributed by atoms with Gasteiger partial charge in [-0.05, 0) is 29.8 Å². The molecule has 0 atom stereocenters. The molecular formula is C28H30N8OS. The van der Waals surface area contributed by atoms with E-state index < -0.39 is 0 Å². The number of nitrogens with zero attached hydrogens (tertiary/aromatic N) is 7. The van der Waals surface area contributed by atoms with Gasteiger partial charge in [-0.1, -0.05) is 12.1 Å². The second-order valence-corrected chi connectivity index (χ2v) is 11.1. The lowest BCUT2D eigenvalue weighted by Gasteiger charge is -2.34. The molecule has 5 aromatic rings. The van der Waals surface area contributed by atoms with Crippen molar-refractivity contribution in [3.8, 4) is 11.4 Å². The minimum absolute atomic E-state index is 0.722. The molecule has 4 aromatic heterocycles. The van der Waals surface area contributed by atoms with E-state index in [4.69, 9.17) is 14.7 Å². The third kappa shape index (κ3) is 4.76. The fraction of sp³-hybridized carbons (Fsp3) is 0.357. The van der Waals surface area contributed by atoms with Gasteiger partial charge in [-0.25, -0.2) is 9.97 Å². The summed E-state index contributed by atoms with van der Waals surface area (Å²) in [5, 5.41) is 8.35. The lowest BCUT2D eigenvalue weighted by molar-refractivity contribution is 0.122. The number of pyridine rings is 1. The van der Waals surface area contributed by atoms with Crippen molar-refractivity contribution in [2.24, 2.45) is 0 Å². The normalized spacial score (nSPS) is 17.5. The Labute approximate surface area is 225 Å². The van der Waals surface area contributed by atoms with Gasteiger partial charge in [-0.15, -0.1) is 11.3 Å². The molecule has 10 heteroatoms. The molecule has 2 fully saturated rings. The maximum Gasteiger partial charge on any atom is 0.162 e. The first-order chi connectivity index (χ1) is 18.8. The molecule has 1 aromatic carbocycles. The van der Waals surface area contributed by atoms with Crippen LogP contribution in [-0.4, -0.2) is 87.4 Å². The summed E-state index contributed by atoms with van der Waals surface area (Å²) in [4.78, 5) is 23.1. The predicted octanol–water partition coefficient (Wildman–Crippen LogP) is 3.78. The zero-order valence-corrected chi connectivity index (χ0v) is 22.0. The molecule has 194 valence electrons. The van der Waals surface area contributed by atoms with E-state index in [0.29, 0.717) is 0 Å². The van der Waals surface area contributed by atoms with Crippen molar-refractivity contribution >= 4 is 38.3 Å². The number of H-pyrrole nitrogens is 1. The molecule has 38 heavy (non-hydrogen) atoms. The number of hydrogen-bond donors (Lipinski definition) is 1. The van der Waals surface area contributed by atoms with Gasteiger partial charge in [0.1, 0.15) is 0 Å². The second-order valence-electron chi connectivity index (χ2n) is 9.94. The zero-order chi connectivity index (χ0) is 25.3. The van der Waals surface area contributed by atoms with Gasteiger partial charge in [0, 0.05) is 80.6 Å². The number of rotatable bonds is 6. The Kier molecular flexibility index (Phi) is 6.46. The summed E-state index contributed by atoms with van der Waals surface area (Å²) in [5.41, 5.74) is 4.35. The van der Waals surface area contributed by atoms with Gasteiger partial charge in [-0.3, -0.25) is 19.9 Å². The van der Waals surface area contributed by atoms with Crippen molar-refractivity contribution in [2.75, 3.05) is 57.4 Å². The second kappa shape index (κ2) is 10.4. The molecule has 9 nitrogen and oxygen atoms in total. The van der Waals surface area contributed by atoms with Crippen molar-refractivity contribution < 1.29 is 4.74 Å². The number of anilines is 1. The van der Waals surface area contributed by atoms with Gasteiger partial charge in [0.2, 0.25) is 0 Å². The minimum atomic E-state index is 0.722. The molecule has 6 heterocycles. The molecule has 7 rings (SSSR count). The van der Waals surface area contributed by atoms with Crippen LogP contribution >= 0.6 is 11.3 Å². The van der Waals surface area contributed by atoms with Crippen molar-refractivity contribution in [1.29, 1.82) is 0 Å². The van der Waals surface area contributed by atoms with Crippen molar-refractivity contribution in [2.45, 2.75) is 13.1 Å². The number of morpholine rings is 1. The maximum atomic E-state index is 5.64. The Morgan fingerprint density at radius 1 is 0.895 bits per heavy atom. The molecule has 1 N–H and O–H groups in total. The average Bonchev–Trinajstić information content (AvgIpc) is 3.61. The lowest BCUT2D eigenvalue weighted by Crippen LogP contribution is -2.45. The van der Waals surface area contributed by atoms with E-state index in [2.05, 4.69) is 54.1 Å². The number of piperazine rings is 1. The maximum absolute atomic E-state index is 5.64. The van der Waals surface area contributed by atoms with Crippen LogP contribution in [0.3, 0.4) is 0 Å². The molecule has 0 bridgehead atoms. The topological polar surface area (TPSA) is 86.3 Å². The van der Waals surface area contributed by atoms with E-state index in [9.17, 15) is 0 Å². The highest BCUT2D eigenvalue weighted by Gasteiger charge is 2.23. The average molecular weight is 527 g/mol. The third-order valence-corrected chi connectivity index (χ3v) is 8.55. The highest BCUT2D eigenvalue weighted by molar-refractivity contribution is 7.19. The van der Waals surface area contributed by atoms with E-state index in [1.165, 1.54) is 15.1 Å². The number of nitrogens with one attached hydrogen (secondary N) is 1. The lowest BCUT2D eigenvalue weighted by atomic mass is 10.1. The molecule has 2 saturated heterocycles. The molecular weight excluding hydrogens is 496 g/mol. The van der Waals surface area contributed by atoms with Gasteiger partial charge in [0.25, 0.3) is 0 Å². The van der Waals surface area contributed by atoms with Crippen LogP contribution in [0.2, 0.25) is 0 Å². The number of fused-ring (bicyclic) bond motifs is 2. The summed E-state index contributed by atoms with van der Waals surface area (Å²) in [6, 6.07) is 12.6. The first-order valence-electron chi connectivity index (χ1n) is 13.2. The van der Waals surface area contributed by atoms with Gasteiger partial charge < -0.3 is 9.64 Å². The fourth-order valence-corrected chi connectivity index (χ4v) is 6.54. The molecule has 0 amide bonds. The van der Waals surface area contributed by atoms with Crippen molar-refractivity contribution in [3.05, 3.63) is 65.4 Å². The van der Waals surface area contributed by atoms with Crippen LogP contribution in [-0.2, 0) is 17.8 Å². The quantitative estimate of drug-likeness (QED) is 0.358. The van der Waals surface area contributed by atoms with Crippen molar-refractivity contribution in [3.63, 3.8) is 0 Å². The number of hydrogen-bond acceptors (Lipinski definition) is 9. The van der Waals surface area contributed by atoms with Gasteiger partial charge in [0.05, 0.1) is 35.1 Å². The van der Waals surface area contributed by atoms with Crippen LogP contribution in [0.15, 0.2) is 55.0 Å². The Bertz CT molecular complexity index is 1540. The van der Waals surface area contributed by atoms with Crippen LogP contribution in [0, 0.1) is 0 Å². The monoisotopic (exact) mass is 526 g/mol. The highest BCUT2D eigenvalue weighted by atomic mass is 32.1. The van der Waals surface area contributed by atoms with Gasteiger partial charge >= 0.3 is 0 Å². The van der Waals surface area contributed by atoms with Gasteiger partial charge in [-0.2, -0.15) is 5.10 Å². The number of thiophene rings is 1. The summed E-state index contributed by atoms with van der Waals surface area (Å²) in [6.07, 6.45) is 5.62. The molecule has 2 aliphatic heterocycles. The largest absolute Gasteiger partial charge is 0.378 e. The molecule has 0 radical (unpaired) electrons. The van der Waals surface area contributed by atoms with E-state index >= 15 is 0 Å². The Hall–Kier alpha value is -3.44. The van der Waals surface area contributed by atoms with Crippen molar-refractivity contribution in [1.82, 2.24) is 34.9 Å². The van der Waals surface area contributed by atoms with E-state index in [0.717, 1.165) is 99.2 Å². The molecule has 0 aliphatic carbocycles. The fourth-order valence-electron chi connectivity index (χ4n) is 5.39. The molecule has 0 spiro atoms. The smallest absolute Gasteiger partial charge is 0.162 e. The van der Waals surface area contributed by atoms with E-state index in [1.807, 2.05) is 42.1 Å². The van der Waals surface area contributed by atoms with Crippen LogP contribution in [0.5, 0.6) is 0 Å². The first kappa shape index (κ1) is 23.7. The van der Waals surface area contributed by atoms with Crippen LogP contribution < -0.4 is 4.90 Å². The highest BCUT2D eigenvalue weighted by Crippen LogP contribution is 2.36. The van der Waals surface area contributed by atoms with Crippen LogP contribution in [0.1, 0.15) is 10.4 Å². The number of aromatic amines is 1. The molecule has 0 unspecified atom stereocenters. The Balaban J connectivity index is 1.15. The summed E-state index contributed by atoms with van der Waals surface area (Å²) < 4.78 is 6.81. The SMILES string of the molecule is c1cc(-c2nc(N3CCOCC3)c3sc(CN4CCN(Cc5ccncc5)CC4)cc3n2)c2cn[nH]c2c1. The predicted molar refractivity (Wildman–Crippen MR) is 150 cm³/mol. The molecule has 0 saturated carbocycles. The summed E-state index contributed by atoms with van der Waals surface area (Å²) in [6.45, 7) is 9.34. The summed E-state index contributed by atoms with van der Waals surface area (Å²) >= 11 is 1.84. The number of aromatic nitrogens is 5. The van der Waals surface area contributed by atoms with Crippen LogP contribution in [0.4, 0.5) is 5.82 Å². The standard InChI is InChI=1S/C28H30N8OS/c1-2-22(23-17-30-33-24(23)3-1)27-31-25-16-21(38-26(25)28(32-27)36-12-14-37-15-13-36)19-35-10-8-34(9-11-35)18-20-4-6-29-7-5-20/h1-7,16-17H,8-15,18-19H2,(H,30,33). The zero-order valence-electron chi connectivity index (χ0n) is 21.2. The number of benzene rings is 1. The first-order valence-corrected chi connectivity index (χ1v) is 14.0. The Morgan fingerprint density at radius 3 is 2.50 bits per heavy atom. The molecule has 2 aliphatic rings. The van der Waals surface area contributed by atoms with E-state index in [-0.39, 0.29) is 0 Å².